The lowest BCUT2D eigenvalue weighted by atomic mass is 10.1. The second-order valence-corrected chi connectivity index (χ2v) is 7.04. The van der Waals surface area contributed by atoms with Crippen LogP contribution in [0.25, 0.3) is 10.4 Å². The fourth-order valence-corrected chi connectivity index (χ4v) is 3.68. The van der Waals surface area contributed by atoms with Crippen molar-refractivity contribution in [3.63, 3.8) is 0 Å². The predicted octanol–water partition coefficient (Wildman–Crippen LogP) is 3.09. The van der Waals surface area contributed by atoms with Crippen molar-refractivity contribution in [3.8, 4) is 16.2 Å². The molecule has 142 valence electrons. The SMILES string of the molecule is CCCCNC(=O)NC(=O)COC(=O)c1cc2c(s1)-c1ccccc1OC2. The number of hydrogen-bond donors (Lipinski definition) is 2. The van der Waals surface area contributed by atoms with Crippen molar-refractivity contribution in [1.29, 1.82) is 0 Å². The Bertz CT molecular complexity index is 862. The van der Waals surface area contributed by atoms with E-state index in [9.17, 15) is 14.4 Å². The molecular weight excluding hydrogens is 368 g/mol. The number of urea groups is 1. The van der Waals surface area contributed by atoms with Crippen molar-refractivity contribution >= 4 is 29.2 Å². The van der Waals surface area contributed by atoms with Crippen LogP contribution in [0.2, 0.25) is 0 Å². The maximum atomic E-state index is 12.2. The number of unbranched alkanes of at least 4 members (excludes halogenated alkanes) is 1. The molecule has 2 N–H and O–H groups in total. The molecule has 0 spiro atoms. The summed E-state index contributed by atoms with van der Waals surface area (Å²) in [6, 6.07) is 8.74. The first kappa shape index (κ1) is 18.9. The van der Waals surface area contributed by atoms with Gasteiger partial charge >= 0.3 is 12.0 Å². The minimum Gasteiger partial charge on any atom is -0.488 e. The third kappa shape index (κ3) is 4.65. The topological polar surface area (TPSA) is 93.7 Å². The van der Waals surface area contributed by atoms with Crippen molar-refractivity contribution in [3.05, 3.63) is 40.8 Å². The molecule has 27 heavy (non-hydrogen) atoms. The fourth-order valence-electron chi connectivity index (χ4n) is 2.59. The number of amides is 3. The second kappa shape index (κ2) is 8.68. The second-order valence-electron chi connectivity index (χ2n) is 5.98. The molecule has 0 saturated carbocycles. The molecule has 0 unspecified atom stereocenters. The molecule has 0 atom stereocenters. The summed E-state index contributed by atoms with van der Waals surface area (Å²) in [6.45, 7) is 2.35. The minimum atomic E-state index is -0.674. The zero-order valence-corrected chi connectivity index (χ0v) is 15.7. The van der Waals surface area contributed by atoms with Crippen LogP contribution < -0.4 is 15.4 Å². The first-order valence-corrected chi connectivity index (χ1v) is 9.50. The lowest BCUT2D eigenvalue weighted by Crippen LogP contribution is -2.41. The molecule has 1 aromatic carbocycles. The van der Waals surface area contributed by atoms with Gasteiger partial charge in [0, 0.05) is 22.5 Å². The van der Waals surface area contributed by atoms with Gasteiger partial charge in [0.15, 0.2) is 6.61 Å². The molecule has 0 bridgehead atoms. The van der Waals surface area contributed by atoms with E-state index < -0.39 is 24.5 Å². The number of hydrogen-bond acceptors (Lipinski definition) is 6. The smallest absolute Gasteiger partial charge is 0.348 e. The highest BCUT2D eigenvalue weighted by Gasteiger charge is 2.23. The maximum Gasteiger partial charge on any atom is 0.348 e. The molecule has 3 rings (SSSR count). The average Bonchev–Trinajstić information content (AvgIpc) is 3.11. The van der Waals surface area contributed by atoms with Crippen LogP contribution in [-0.2, 0) is 16.1 Å². The van der Waals surface area contributed by atoms with E-state index in [0.717, 1.165) is 34.6 Å². The number of nitrogens with one attached hydrogen (secondary N) is 2. The molecule has 2 aromatic rings. The monoisotopic (exact) mass is 388 g/mol. The number of fused-ring (bicyclic) bond motifs is 3. The fraction of sp³-hybridized carbons (Fsp3) is 0.316. The molecule has 2 heterocycles. The van der Waals surface area contributed by atoms with Crippen LogP contribution in [0.5, 0.6) is 5.75 Å². The van der Waals surface area contributed by atoms with Crippen LogP contribution in [0.1, 0.15) is 35.0 Å². The Labute approximate surface area is 160 Å². The van der Waals surface area contributed by atoms with Gasteiger partial charge in [0.2, 0.25) is 0 Å². The Morgan fingerprint density at radius 1 is 1.26 bits per heavy atom. The number of carbonyl (C=O) groups excluding carboxylic acids is 3. The Kier molecular flexibility index (Phi) is 6.08. The molecular formula is C19H20N2O5S. The summed E-state index contributed by atoms with van der Waals surface area (Å²) in [6.07, 6.45) is 1.76. The van der Waals surface area contributed by atoms with E-state index in [0.29, 0.717) is 18.0 Å². The largest absolute Gasteiger partial charge is 0.488 e. The average molecular weight is 388 g/mol. The Morgan fingerprint density at radius 3 is 2.89 bits per heavy atom. The number of rotatable bonds is 6. The van der Waals surface area contributed by atoms with Crippen LogP contribution in [0.3, 0.4) is 0 Å². The van der Waals surface area contributed by atoms with Gasteiger partial charge in [-0.05, 0) is 24.6 Å². The summed E-state index contributed by atoms with van der Waals surface area (Å²) < 4.78 is 10.7. The van der Waals surface area contributed by atoms with E-state index in [2.05, 4.69) is 10.6 Å². The van der Waals surface area contributed by atoms with E-state index in [1.165, 1.54) is 11.3 Å². The van der Waals surface area contributed by atoms with Gasteiger partial charge in [-0.15, -0.1) is 11.3 Å². The van der Waals surface area contributed by atoms with Crippen molar-refractivity contribution in [2.75, 3.05) is 13.2 Å². The summed E-state index contributed by atoms with van der Waals surface area (Å²) in [5, 5.41) is 4.68. The predicted molar refractivity (Wildman–Crippen MR) is 101 cm³/mol. The lowest BCUT2D eigenvalue weighted by Gasteiger charge is -2.16. The van der Waals surface area contributed by atoms with Crippen LogP contribution in [0.4, 0.5) is 4.79 Å². The van der Waals surface area contributed by atoms with Crippen LogP contribution in [0, 0.1) is 0 Å². The molecule has 0 aliphatic carbocycles. The lowest BCUT2D eigenvalue weighted by molar-refractivity contribution is -0.123. The van der Waals surface area contributed by atoms with Gasteiger partial charge in [-0.2, -0.15) is 0 Å². The third-order valence-electron chi connectivity index (χ3n) is 3.93. The summed E-state index contributed by atoms with van der Waals surface area (Å²) in [7, 11) is 0. The Balaban J connectivity index is 1.55. The van der Waals surface area contributed by atoms with Crippen molar-refractivity contribution < 1.29 is 23.9 Å². The summed E-state index contributed by atoms with van der Waals surface area (Å²) >= 11 is 1.30. The van der Waals surface area contributed by atoms with Crippen molar-refractivity contribution in [2.45, 2.75) is 26.4 Å². The van der Waals surface area contributed by atoms with E-state index in [4.69, 9.17) is 9.47 Å². The molecule has 1 aromatic heterocycles. The first-order valence-electron chi connectivity index (χ1n) is 8.68. The van der Waals surface area contributed by atoms with Gasteiger partial charge in [-0.25, -0.2) is 9.59 Å². The Hall–Kier alpha value is -2.87. The first-order chi connectivity index (χ1) is 13.1. The zero-order valence-electron chi connectivity index (χ0n) is 14.9. The number of thiophene rings is 1. The standard InChI is InChI=1S/C19H20N2O5S/c1-2-3-8-20-19(24)21-16(22)11-26-18(23)15-9-12-10-25-14-7-5-4-6-13(14)17(12)27-15/h4-7,9H,2-3,8,10-11H2,1H3,(H2,20,21,22,24). The quantitative estimate of drug-likeness (QED) is 0.586. The van der Waals surface area contributed by atoms with Gasteiger partial charge < -0.3 is 14.8 Å². The van der Waals surface area contributed by atoms with Crippen LogP contribution >= 0.6 is 11.3 Å². The number of para-hydroxylation sites is 1. The summed E-state index contributed by atoms with van der Waals surface area (Å²) in [5.74, 6) is -0.499. The zero-order chi connectivity index (χ0) is 19.2. The van der Waals surface area contributed by atoms with Crippen LogP contribution in [0.15, 0.2) is 30.3 Å². The van der Waals surface area contributed by atoms with Crippen molar-refractivity contribution in [2.24, 2.45) is 0 Å². The van der Waals surface area contributed by atoms with E-state index in [-0.39, 0.29) is 0 Å². The molecule has 0 fully saturated rings. The molecule has 0 saturated heterocycles. The molecule has 7 nitrogen and oxygen atoms in total. The van der Waals surface area contributed by atoms with Crippen molar-refractivity contribution in [1.82, 2.24) is 10.6 Å². The third-order valence-corrected chi connectivity index (χ3v) is 5.12. The maximum absolute atomic E-state index is 12.2. The number of carbonyl (C=O) groups is 3. The molecule has 3 amide bonds. The molecule has 1 aliphatic heterocycles. The normalized spacial score (nSPS) is 11.6. The van der Waals surface area contributed by atoms with E-state index in [1.807, 2.05) is 31.2 Å². The van der Waals surface area contributed by atoms with Gasteiger partial charge in [-0.3, -0.25) is 10.1 Å². The molecule has 1 aliphatic rings. The number of ether oxygens (including phenoxy) is 2. The van der Waals surface area contributed by atoms with Gasteiger partial charge in [0.1, 0.15) is 17.2 Å². The molecule has 8 heteroatoms. The van der Waals surface area contributed by atoms with Gasteiger partial charge in [0.25, 0.3) is 5.91 Å². The van der Waals surface area contributed by atoms with Gasteiger partial charge in [-0.1, -0.05) is 25.5 Å². The number of benzene rings is 1. The van der Waals surface area contributed by atoms with E-state index >= 15 is 0 Å². The van der Waals surface area contributed by atoms with Gasteiger partial charge in [0.05, 0.1) is 0 Å². The summed E-state index contributed by atoms with van der Waals surface area (Å²) in [5.41, 5.74) is 1.84. The highest BCUT2D eigenvalue weighted by atomic mass is 32.1. The Morgan fingerprint density at radius 2 is 2.07 bits per heavy atom. The summed E-state index contributed by atoms with van der Waals surface area (Å²) in [4.78, 5) is 36.8. The minimum absolute atomic E-state index is 0.383. The highest BCUT2D eigenvalue weighted by molar-refractivity contribution is 7.17. The number of imide groups is 1. The highest BCUT2D eigenvalue weighted by Crippen LogP contribution is 2.42. The van der Waals surface area contributed by atoms with Crippen LogP contribution in [-0.4, -0.2) is 31.1 Å². The molecule has 0 radical (unpaired) electrons. The van der Waals surface area contributed by atoms with E-state index in [1.54, 1.807) is 6.07 Å². The number of esters is 1.